The van der Waals surface area contributed by atoms with Crippen molar-refractivity contribution in [2.45, 2.75) is 50.4 Å². The number of thioether (sulfide) groups is 1. The van der Waals surface area contributed by atoms with Gasteiger partial charge in [-0.3, -0.25) is 9.59 Å². The Balaban J connectivity index is 1.18. The molecule has 0 amide bonds. The maximum Gasteiger partial charge on any atom is 0.145 e. The van der Waals surface area contributed by atoms with Gasteiger partial charge in [0.15, 0.2) is 0 Å². The summed E-state index contributed by atoms with van der Waals surface area (Å²) in [6.45, 7) is 4.51. The summed E-state index contributed by atoms with van der Waals surface area (Å²) in [6.07, 6.45) is 3.73. The summed E-state index contributed by atoms with van der Waals surface area (Å²) in [6, 6.07) is 21.0. The predicted octanol–water partition coefficient (Wildman–Crippen LogP) is 5.59. The van der Waals surface area contributed by atoms with E-state index in [9.17, 15) is 9.59 Å². The third-order valence-corrected chi connectivity index (χ3v) is 8.11. The first-order valence-electron chi connectivity index (χ1n) is 10.6. The molecule has 0 radical (unpaired) electrons. The maximum absolute atomic E-state index is 12.5. The van der Waals surface area contributed by atoms with E-state index in [1.54, 1.807) is 0 Å². The molecule has 0 spiro atoms. The van der Waals surface area contributed by atoms with E-state index < -0.39 is 0 Å². The van der Waals surface area contributed by atoms with Gasteiger partial charge < -0.3 is 0 Å². The van der Waals surface area contributed by atoms with E-state index in [-0.39, 0.29) is 22.7 Å². The molecule has 2 nitrogen and oxygen atoms in total. The van der Waals surface area contributed by atoms with Crippen LogP contribution in [0.25, 0.3) is 0 Å². The van der Waals surface area contributed by atoms with Crippen LogP contribution in [-0.4, -0.2) is 23.1 Å². The Morgan fingerprint density at radius 1 is 0.724 bits per heavy atom. The molecule has 152 valence electrons. The van der Waals surface area contributed by atoms with Crippen LogP contribution in [0, 0.1) is 11.8 Å². The van der Waals surface area contributed by atoms with Crippen molar-refractivity contribution in [3.63, 3.8) is 0 Å². The van der Waals surface area contributed by atoms with Crippen LogP contribution in [0.2, 0.25) is 0 Å². The highest BCUT2D eigenvalue weighted by molar-refractivity contribution is 8.00. The van der Waals surface area contributed by atoms with Crippen molar-refractivity contribution in [1.29, 1.82) is 0 Å². The lowest BCUT2D eigenvalue weighted by Gasteiger charge is -2.45. The lowest BCUT2D eigenvalue weighted by Crippen LogP contribution is -2.43. The van der Waals surface area contributed by atoms with Crippen molar-refractivity contribution in [3.8, 4) is 0 Å². The van der Waals surface area contributed by atoms with Crippen molar-refractivity contribution in [2.24, 2.45) is 11.8 Å². The van der Waals surface area contributed by atoms with Crippen molar-refractivity contribution < 1.29 is 9.59 Å². The molecular formula is C26H30O2S. The van der Waals surface area contributed by atoms with Crippen LogP contribution < -0.4 is 0 Å². The second-order valence-corrected chi connectivity index (χ2v) is 10.5. The molecule has 29 heavy (non-hydrogen) atoms. The highest BCUT2D eigenvalue weighted by Gasteiger charge is 2.45. The quantitative estimate of drug-likeness (QED) is 0.573. The number of carbonyl (C=O) groups is 2. The monoisotopic (exact) mass is 406 g/mol. The summed E-state index contributed by atoms with van der Waals surface area (Å²) in [4.78, 5) is 25.1. The maximum atomic E-state index is 12.5. The molecule has 0 heterocycles. The number of Topliss-reactive ketones (excluding diaryl/α,β-unsaturated/α-hetero) is 2. The number of ketones is 2. The summed E-state index contributed by atoms with van der Waals surface area (Å²) >= 11 is 1.52. The fourth-order valence-corrected chi connectivity index (χ4v) is 6.13. The second-order valence-electron chi connectivity index (χ2n) is 9.49. The third kappa shape index (κ3) is 4.21. The van der Waals surface area contributed by atoms with Gasteiger partial charge in [0.1, 0.15) is 11.6 Å². The van der Waals surface area contributed by atoms with E-state index in [2.05, 4.69) is 62.4 Å². The Bertz CT molecular complexity index is 789. The summed E-state index contributed by atoms with van der Waals surface area (Å²) in [5.41, 5.74) is 2.93. The Morgan fingerprint density at radius 3 is 1.41 bits per heavy atom. The van der Waals surface area contributed by atoms with Gasteiger partial charge in [0.25, 0.3) is 0 Å². The van der Waals surface area contributed by atoms with Crippen LogP contribution in [0.3, 0.4) is 0 Å². The van der Waals surface area contributed by atoms with E-state index in [1.165, 1.54) is 22.9 Å². The van der Waals surface area contributed by atoms with Gasteiger partial charge >= 0.3 is 0 Å². The molecule has 0 N–H and O–H groups in total. The standard InChI is InChI=1S/C26H30O2S/c1-25(21-9-5-3-6-10-21)13-19(14-25)23(27)17-29-18-24(28)20-15-26(2,16-20)22-11-7-4-8-12-22/h3-12,19-20H,13-18H2,1-2H3. The largest absolute Gasteiger partial charge is 0.298 e. The number of carbonyl (C=O) groups excluding carboxylic acids is 2. The van der Waals surface area contributed by atoms with Gasteiger partial charge in [-0.2, -0.15) is 0 Å². The van der Waals surface area contributed by atoms with Crippen LogP contribution in [0.4, 0.5) is 0 Å². The fraction of sp³-hybridized carbons (Fsp3) is 0.462. The Hall–Kier alpha value is -1.87. The molecule has 3 heteroatoms. The Kier molecular flexibility index (Phi) is 5.70. The van der Waals surface area contributed by atoms with E-state index in [0.29, 0.717) is 23.1 Å². The molecule has 2 aromatic carbocycles. The normalized spacial score (nSPS) is 30.8. The molecule has 0 saturated heterocycles. The van der Waals surface area contributed by atoms with E-state index in [1.807, 2.05) is 12.1 Å². The fourth-order valence-electron chi connectivity index (χ4n) is 5.15. The molecule has 2 aliphatic carbocycles. The van der Waals surface area contributed by atoms with Crippen LogP contribution in [-0.2, 0) is 20.4 Å². The smallest absolute Gasteiger partial charge is 0.145 e. The van der Waals surface area contributed by atoms with Crippen LogP contribution in [0.15, 0.2) is 60.7 Å². The summed E-state index contributed by atoms with van der Waals surface area (Å²) in [5, 5.41) is 0. The highest BCUT2D eigenvalue weighted by Crippen LogP contribution is 2.49. The summed E-state index contributed by atoms with van der Waals surface area (Å²) in [5.74, 6) is 1.91. The minimum atomic E-state index is 0.135. The molecule has 0 unspecified atom stereocenters. The molecule has 2 aromatic rings. The molecule has 2 saturated carbocycles. The van der Waals surface area contributed by atoms with Gasteiger partial charge in [0.2, 0.25) is 0 Å². The SMILES string of the molecule is CC1(c2ccccc2)CC(C(=O)CSCC(=O)C2CC(C)(c3ccccc3)C2)C1. The summed E-state index contributed by atoms with van der Waals surface area (Å²) in [7, 11) is 0. The zero-order valence-corrected chi connectivity index (χ0v) is 18.2. The first kappa shape index (κ1) is 20.4. The minimum absolute atomic E-state index is 0.135. The van der Waals surface area contributed by atoms with Gasteiger partial charge in [0, 0.05) is 11.8 Å². The van der Waals surface area contributed by atoms with Crippen LogP contribution in [0.1, 0.15) is 50.7 Å². The van der Waals surface area contributed by atoms with Crippen molar-refractivity contribution in [1.82, 2.24) is 0 Å². The molecule has 4 rings (SSSR count). The molecule has 0 aromatic heterocycles. The second kappa shape index (κ2) is 8.10. The van der Waals surface area contributed by atoms with Gasteiger partial charge in [-0.1, -0.05) is 74.5 Å². The molecule has 0 bridgehead atoms. The molecule has 0 atom stereocenters. The van der Waals surface area contributed by atoms with Gasteiger partial charge in [-0.05, 0) is 47.6 Å². The Labute approximate surface area is 178 Å². The molecule has 2 aliphatic rings. The van der Waals surface area contributed by atoms with Crippen molar-refractivity contribution in [2.75, 3.05) is 11.5 Å². The van der Waals surface area contributed by atoms with E-state index >= 15 is 0 Å². The lowest BCUT2D eigenvalue weighted by molar-refractivity contribution is -0.125. The highest BCUT2D eigenvalue weighted by atomic mass is 32.2. The molecule has 0 aliphatic heterocycles. The minimum Gasteiger partial charge on any atom is -0.298 e. The van der Waals surface area contributed by atoms with E-state index in [4.69, 9.17) is 0 Å². The average Bonchev–Trinajstić information content (AvgIpc) is 2.70. The number of hydrogen-bond acceptors (Lipinski definition) is 3. The molecular weight excluding hydrogens is 376 g/mol. The zero-order chi connectivity index (χ0) is 20.5. The van der Waals surface area contributed by atoms with Crippen LogP contribution >= 0.6 is 11.8 Å². The van der Waals surface area contributed by atoms with Gasteiger partial charge in [-0.25, -0.2) is 0 Å². The lowest BCUT2D eigenvalue weighted by atomic mass is 9.59. The van der Waals surface area contributed by atoms with Gasteiger partial charge in [-0.15, -0.1) is 11.8 Å². The van der Waals surface area contributed by atoms with Crippen molar-refractivity contribution in [3.05, 3.63) is 71.8 Å². The van der Waals surface area contributed by atoms with Crippen molar-refractivity contribution >= 4 is 23.3 Å². The zero-order valence-electron chi connectivity index (χ0n) is 17.4. The Morgan fingerprint density at radius 2 is 1.07 bits per heavy atom. The number of hydrogen-bond donors (Lipinski definition) is 0. The number of rotatable bonds is 8. The van der Waals surface area contributed by atoms with Crippen LogP contribution in [0.5, 0.6) is 0 Å². The van der Waals surface area contributed by atoms with Gasteiger partial charge in [0.05, 0.1) is 11.5 Å². The third-order valence-electron chi connectivity index (χ3n) is 7.13. The first-order chi connectivity index (χ1) is 13.9. The van der Waals surface area contributed by atoms with E-state index in [0.717, 1.165) is 25.7 Å². The number of benzene rings is 2. The predicted molar refractivity (Wildman–Crippen MR) is 120 cm³/mol. The average molecular weight is 407 g/mol. The first-order valence-corrected chi connectivity index (χ1v) is 11.8. The molecule has 2 fully saturated rings. The topological polar surface area (TPSA) is 34.1 Å². The summed E-state index contributed by atoms with van der Waals surface area (Å²) < 4.78 is 0.